The van der Waals surface area contributed by atoms with Gasteiger partial charge >= 0.3 is 0 Å². The van der Waals surface area contributed by atoms with Crippen LogP contribution in [0, 0.1) is 0 Å². The lowest BCUT2D eigenvalue weighted by molar-refractivity contribution is 0.0919. The number of carbonyl (C=O) groups excluding carboxylic acids is 1. The minimum atomic E-state index is -3.57. The van der Waals surface area contributed by atoms with Gasteiger partial charge in [0.15, 0.2) is 0 Å². The highest BCUT2D eigenvalue weighted by Crippen LogP contribution is 2.18. The lowest BCUT2D eigenvalue weighted by Gasteiger charge is -2.22. The molecule has 130 valence electrons. The lowest BCUT2D eigenvalue weighted by Crippen LogP contribution is -2.40. The molecule has 0 spiro atoms. The summed E-state index contributed by atoms with van der Waals surface area (Å²) in [5, 5.41) is 2.85. The van der Waals surface area contributed by atoms with E-state index < -0.39 is 10.0 Å². The smallest absolute Gasteiger partial charge is 0.251 e. The van der Waals surface area contributed by atoms with E-state index in [0.717, 1.165) is 12.8 Å². The monoisotopic (exact) mass is 340 g/mol. The normalized spacial score (nSPS) is 12.4. The molecule has 1 aromatic carbocycles. The Hall–Kier alpha value is -1.40. The van der Waals surface area contributed by atoms with Gasteiger partial charge in [-0.1, -0.05) is 19.9 Å². The zero-order valence-electron chi connectivity index (χ0n) is 14.7. The summed E-state index contributed by atoms with van der Waals surface area (Å²) < 4.78 is 27.0. The summed E-state index contributed by atoms with van der Waals surface area (Å²) in [6, 6.07) is 6.24. The molecule has 0 unspecified atom stereocenters. The third-order valence-corrected chi connectivity index (χ3v) is 5.06. The van der Waals surface area contributed by atoms with E-state index in [-0.39, 0.29) is 16.3 Å². The summed E-state index contributed by atoms with van der Waals surface area (Å²) in [4.78, 5) is 12.4. The Bertz CT molecular complexity index is 627. The number of nitrogens with zero attached hydrogens (tertiary/aromatic N) is 1. The maximum absolute atomic E-state index is 12.8. The van der Waals surface area contributed by atoms with Gasteiger partial charge in [-0.2, -0.15) is 4.31 Å². The summed E-state index contributed by atoms with van der Waals surface area (Å²) in [6.07, 6.45) is 1.51. The van der Waals surface area contributed by atoms with Crippen molar-refractivity contribution in [2.45, 2.75) is 57.9 Å². The van der Waals surface area contributed by atoms with Crippen LogP contribution in [0.5, 0.6) is 0 Å². The molecule has 0 heterocycles. The molecule has 0 fully saturated rings. The molecule has 1 rings (SSSR count). The van der Waals surface area contributed by atoms with Crippen LogP contribution >= 0.6 is 0 Å². The van der Waals surface area contributed by atoms with Crippen LogP contribution in [-0.2, 0) is 10.0 Å². The number of benzene rings is 1. The second-order valence-corrected chi connectivity index (χ2v) is 8.57. The van der Waals surface area contributed by atoms with E-state index in [1.54, 1.807) is 18.2 Å². The molecule has 6 heteroatoms. The van der Waals surface area contributed by atoms with Crippen molar-refractivity contribution in [2.75, 3.05) is 13.1 Å². The number of rotatable bonds is 7. The molecule has 1 aromatic rings. The van der Waals surface area contributed by atoms with Crippen molar-refractivity contribution in [3.05, 3.63) is 29.8 Å². The van der Waals surface area contributed by atoms with Crippen LogP contribution in [0.4, 0.5) is 0 Å². The van der Waals surface area contributed by atoms with Crippen molar-refractivity contribution in [1.82, 2.24) is 9.62 Å². The molecule has 0 aromatic heterocycles. The number of hydrogen-bond donors (Lipinski definition) is 1. The van der Waals surface area contributed by atoms with Crippen LogP contribution in [-0.4, -0.2) is 37.3 Å². The molecule has 0 aliphatic rings. The van der Waals surface area contributed by atoms with Crippen LogP contribution in [0.15, 0.2) is 29.2 Å². The molecule has 0 aliphatic heterocycles. The van der Waals surface area contributed by atoms with E-state index in [9.17, 15) is 13.2 Å². The van der Waals surface area contributed by atoms with Crippen LogP contribution in [0.25, 0.3) is 0 Å². The first kappa shape index (κ1) is 19.6. The molecule has 0 bridgehead atoms. The zero-order valence-corrected chi connectivity index (χ0v) is 15.5. The van der Waals surface area contributed by atoms with Crippen molar-refractivity contribution in [3.8, 4) is 0 Å². The van der Waals surface area contributed by atoms with Crippen LogP contribution in [0.1, 0.15) is 57.8 Å². The van der Waals surface area contributed by atoms with Gasteiger partial charge in [0.25, 0.3) is 5.91 Å². The first-order valence-corrected chi connectivity index (χ1v) is 9.48. The van der Waals surface area contributed by atoms with Gasteiger partial charge in [-0.25, -0.2) is 8.42 Å². The molecule has 1 amide bonds. The van der Waals surface area contributed by atoms with Gasteiger partial charge in [-0.15, -0.1) is 0 Å². The number of hydrogen-bond acceptors (Lipinski definition) is 3. The Labute approximate surface area is 140 Å². The predicted molar refractivity (Wildman–Crippen MR) is 93.0 cm³/mol. The highest BCUT2D eigenvalue weighted by molar-refractivity contribution is 7.89. The minimum absolute atomic E-state index is 0.168. The first-order chi connectivity index (χ1) is 10.6. The maximum Gasteiger partial charge on any atom is 0.251 e. The fraction of sp³-hybridized carbons (Fsp3) is 0.588. The molecular formula is C17H28N2O3S. The Balaban J connectivity index is 3.13. The highest BCUT2D eigenvalue weighted by atomic mass is 32.2. The number of carbonyl (C=O) groups is 1. The third-order valence-electron chi connectivity index (χ3n) is 3.17. The van der Waals surface area contributed by atoms with Crippen molar-refractivity contribution in [1.29, 1.82) is 0 Å². The first-order valence-electron chi connectivity index (χ1n) is 8.04. The van der Waals surface area contributed by atoms with Gasteiger partial charge in [0.05, 0.1) is 4.90 Å². The molecule has 23 heavy (non-hydrogen) atoms. The Kier molecular flexibility index (Phi) is 6.77. The average Bonchev–Trinajstić information content (AvgIpc) is 2.45. The number of amides is 1. The number of nitrogens with one attached hydrogen (secondary N) is 1. The average molecular weight is 340 g/mol. The summed E-state index contributed by atoms with van der Waals surface area (Å²) in [6.45, 7) is 10.5. The van der Waals surface area contributed by atoms with E-state index in [2.05, 4.69) is 5.32 Å². The quantitative estimate of drug-likeness (QED) is 0.829. The minimum Gasteiger partial charge on any atom is -0.347 e. The second kappa shape index (κ2) is 7.93. The van der Waals surface area contributed by atoms with E-state index in [1.807, 2.05) is 34.6 Å². The van der Waals surface area contributed by atoms with Gasteiger partial charge in [-0.3, -0.25) is 4.79 Å². The summed E-state index contributed by atoms with van der Waals surface area (Å²) >= 11 is 0. The van der Waals surface area contributed by atoms with Gasteiger partial charge < -0.3 is 5.32 Å². The summed E-state index contributed by atoms with van der Waals surface area (Å²) in [5.74, 6) is -0.271. The third kappa shape index (κ3) is 5.62. The topological polar surface area (TPSA) is 66.5 Å². The van der Waals surface area contributed by atoms with Gasteiger partial charge in [0.2, 0.25) is 10.0 Å². The molecule has 1 N–H and O–H groups in total. The standard InChI is InChI=1S/C17H28N2O3S/c1-6-11-19(12-7-2)23(21,22)15-10-8-9-14(13-15)16(20)18-17(3,4)5/h8-10,13H,6-7,11-12H2,1-5H3,(H,18,20). The molecule has 0 aliphatic carbocycles. The number of sulfonamides is 1. The van der Waals surface area contributed by atoms with Gasteiger partial charge in [0, 0.05) is 24.2 Å². The summed E-state index contributed by atoms with van der Waals surface area (Å²) in [5.41, 5.74) is -0.0171. The van der Waals surface area contributed by atoms with E-state index in [1.165, 1.54) is 10.4 Å². The maximum atomic E-state index is 12.8. The molecule has 0 atom stereocenters. The van der Waals surface area contributed by atoms with Crippen molar-refractivity contribution in [2.24, 2.45) is 0 Å². The highest BCUT2D eigenvalue weighted by Gasteiger charge is 2.24. The Morgan fingerprint density at radius 2 is 1.70 bits per heavy atom. The van der Waals surface area contributed by atoms with Gasteiger partial charge in [-0.05, 0) is 51.8 Å². The zero-order chi connectivity index (χ0) is 17.7. The van der Waals surface area contributed by atoms with E-state index in [0.29, 0.717) is 18.7 Å². The molecule has 0 radical (unpaired) electrons. The Morgan fingerprint density at radius 1 is 1.13 bits per heavy atom. The van der Waals surface area contributed by atoms with Crippen molar-refractivity contribution >= 4 is 15.9 Å². The molecule has 0 saturated heterocycles. The fourth-order valence-electron chi connectivity index (χ4n) is 2.21. The molecule has 0 saturated carbocycles. The van der Waals surface area contributed by atoms with Crippen molar-refractivity contribution < 1.29 is 13.2 Å². The van der Waals surface area contributed by atoms with Crippen LogP contribution in [0.2, 0.25) is 0 Å². The SMILES string of the molecule is CCCN(CCC)S(=O)(=O)c1cccc(C(=O)NC(C)(C)C)c1. The van der Waals surface area contributed by atoms with E-state index in [4.69, 9.17) is 0 Å². The van der Waals surface area contributed by atoms with Crippen LogP contribution in [0.3, 0.4) is 0 Å². The lowest BCUT2D eigenvalue weighted by atomic mass is 10.1. The summed E-state index contributed by atoms with van der Waals surface area (Å²) in [7, 11) is -3.57. The predicted octanol–water partition coefficient (Wildman–Crippen LogP) is 3.03. The van der Waals surface area contributed by atoms with Crippen LogP contribution < -0.4 is 5.32 Å². The molecular weight excluding hydrogens is 312 g/mol. The second-order valence-electron chi connectivity index (χ2n) is 6.64. The largest absolute Gasteiger partial charge is 0.347 e. The van der Waals surface area contributed by atoms with E-state index >= 15 is 0 Å². The molecule has 5 nitrogen and oxygen atoms in total. The van der Waals surface area contributed by atoms with Gasteiger partial charge in [0.1, 0.15) is 0 Å². The Morgan fingerprint density at radius 3 is 2.17 bits per heavy atom. The fourth-order valence-corrected chi connectivity index (χ4v) is 3.88. The van der Waals surface area contributed by atoms with Crippen molar-refractivity contribution in [3.63, 3.8) is 0 Å².